The van der Waals surface area contributed by atoms with Crippen LogP contribution < -0.4 is 10.5 Å². The van der Waals surface area contributed by atoms with E-state index in [-0.39, 0.29) is 0 Å². The van der Waals surface area contributed by atoms with Crippen LogP contribution in [0.5, 0.6) is 5.75 Å². The van der Waals surface area contributed by atoms with Crippen LogP contribution >= 0.6 is 15.9 Å². The topological polar surface area (TPSA) is 69.6 Å². The molecule has 0 atom stereocenters. The third-order valence-corrected chi connectivity index (χ3v) is 2.20. The Morgan fingerprint density at radius 3 is 3.07 bits per heavy atom. The van der Waals surface area contributed by atoms with Crippen LogP contribution in [0.2, 0.25) is 0 Å². The van der Waals surface area contributed by atoms with E-state index >= 15 is 0 Å². The molecular weight excluding hydrogens is 262 g/mol. The average molecular weight is 270 g/mol. The molecule has 0 saturated carbocycles. The highest BCUT2D eigenvalue weighted by Crippen LogP contribution is 2.16. The SMILES string of the molecule is NC(=O)c1cnn2cc(OCBr)ccc12. The smallest absolute Gasteiger partial charge is 0.252 e. The third-order valence-electron chi connectivity index (χ3n) is 1.98. The van der Waals surface area contributed by atoms with Gasteiger partial charge in [-0.25, -0.2) is 4.52 Å². The van der Waals surface area contributed by atoms with Crippen LogP contribution in [0.3, 0.4) is 0 Å². The zero-order valence-corrected chi connectivity index (χ0v) is 9.27. The first-order valence-electron chi connectivity index (χ1n) is 4.18. The minimum absolute atomic E-state index is 0.403. The van der Waals surface area contributed by atoms with Gasteiger partial charge in [0.25, 0.3) is 5.91 Å². The fourth-order valence-corrected chi connectivity index (χ4v) is 1.57. The number of ether oxygens (including phenoxy) is 1. The standard InChI is InChI=1S/C9H8BrN3O2/c10-5-15-6-1-2-8-7(9(11)14)3-12-13(8)4-6/h1-4H,5H2,(H2,11,14). The number of aromatic nitrogens is 2. The summed E-state index contributed by atoms with van der Waals surface area (Å²) in [6.45, 7) is 0. The van der Waals surface area contributed by atoms with Gasteiger partial charge >= 0.3 is 0 Å². The van der Waals surface area contributed by atoms with E-state index in [1.54, 1.807) is 22.8 Å². The maximum Gasteiger partial charge on any atom is 0.252 e. The number of fused-ring (bicyclic) bond motifs is 1. The van der Waals surface area contributed by atoms with Crippen molar-refractivity contribution in [1.29, 1.82) is 0 Å². The van der Waals surface area contributed by atoms with Gasteiger partial charge in [0, 0.05) is 0 Å². The van der Waals surface area contributed by atoms with Gasteiger partial charge in [-0.05, 0) is 28.1 Å². The van der Waals surface area contributed by atoms with Crippen molar-refractivity contribution in [3.05, 3.63) is 30.1 Å². The van der Waals surface area contributed by atoms with E-state index < -0.39 is 5.91 Å². The van der Waals surface area contributed by atoms with Crippen LogP contribution in [0.15, 0.2) is 24.5 Å². The monoisotopic (exact) mass is 269 g/mol. The number of halogens is 1. The molecule has 2 aromatic rings. The zero-order chi connectivity index (χ0) is 10.8. The van der Waals surface area contributed by atoms with Crippen LogP contribution in [0, 0.1) is 0 Å². The maximum atomic E-state index is 11.0. The first-order chi connectivity index (χ1) is 7.22. The molecule has 2 aromatic heterocycles. The second-order valence-corrected chi connectivity index (χ2v) is 3.33. The molecular formula is C9H8BrN3O2. The average Bonchev–Trinajstić information content (AvgIpc) is 2.61. The normalized spacial score (nSPS) is 10.5. The summed E-state index contributed by atoms with van der Waals surface area (Å²) in [7, 11) is 0. The molecule has 6 heteroatoms. The summed E-state index contributed by atoms with van der Waals surface area (Å²) in [5, 5.41) is 4.00. The lowest BCUT2D eigenvalue weighted by atomic mass is 10.2. The van der Waals surface area contributed by atoms with Gasteiger partial charge in [0.15, 0.2) is 0 Å². The number of alkyl halides is 1. The Morgan fingerprint density at radius 2 is 2.40 bits per heavy atom. The molecule has 1 amide bonds. The summed E-state index contributed by atoms with van der Waals surface area (Å²) >= 11 is 3.15. The number of primary amides is 1. The predicted octanol–water partition coefficient (Wildman–Crippen LogP) is 1.16. The van der Waals surface area contributed by atoms with Crippen molar-refractivity contribution in [3.8, 4) is 5.75 Å². The predicted molar refractivity (Wildman–Crippen MR) is 58.1 cm³/mol. The van der Waals surface area contributed by atoms with Gasteiger partial charge < -0.3 is 10.5 Å². The van der Waals surface area contributed by atoms with Crippen molar-refractivity contribution in [2.75, 3.05) is 5.52 Å². The molecule has 78 valence electrons. The Labute approximate surface area is 94.0 Å². The number of carbonyl (C=O) groups is 1. The summed E-state index contributed by atoms with van der Waals surface area (Å²) in [6, 6.07) is 3.50. The Morgan fingerprint density at radius 1 is 1.60 bits per heavy atom. The number of nitrogens with zero attached hydrogens (tertiary/aromatic N) is 2. The van der Waals surface area contributed by atoms with Crippen molar-refractivity contribution in [2.45, 2.75) is 0 Å². The van der Waals surface area contributed by atoms with Gasteiger partial charge in [0.2, 0.25) is 0 Å². The third kappa shape index (κ3) is 1.80. The molecule has 15 heavy (non-hydrogen) atoms. The molecule has 0 bridgehead atoms. The van der Waals surface area contributed by atoms with Crippen LogP contribution in [-0.4, -0.2) is 21.0 Å². The number of hydrogen-bond acceptors (Lipinski definition) is 3. The first kappa shape index (κ1) is 9.97. The number of carbonyl (C=O) groups excluding carboxylic acids is 1. The lowest BCUT2D eigenvalue weighted by molar-refractivity contribution is 0.100. The number of amides is 1. The fourth-order valence-electron chi connectivity index (χ4n) is 1.30. The second kappa shape index (κ2) is 3.90. The summed E-state index contributed by atoms with van der Waals surface area (Å²) in [6.07, 6.45) is 3.12. The van der Waals surface area contributed by atoms with Crippen LogP contribution in [0.1, 0.15) is 10.4 Å². The van der Waals surface area contributed by atoms with Crippen LogP contribution in [-0.2, 0) is 0 Å². The number of rotatable bonds is 3. The Bertz CT molecular complexity index is 509. The minimum Gasteiger partial charge on any atom is -0.481 e. The largest absolute Gasteiger partial charge is 0.481 e. The van der Waals surface area contributed by atoms with Gasteiger partial charge in [0.1, 0.15) is 11.3 Å². The van der Waals surface area contributed by atoms with E-state index in [0.717, 1.165) is 0 Å². The van der Waals surface area contributed by atoms with Gasteiger partial charge in [0.05, 0.1) is 23.5 Å². The van der Waals surface area contributed by atoms with Gasteiger partial charge in [-0.2, -0.15) is 5.10 Å². The number of pyridine rings is 1. The summed E-state index contributed by atoms with van der Waals surface area (Å²) < 4.78 is 6.78. The fraction of sp³-hybridized carbons (Fsp3) is 0.111. The quantitative estimate of drug-likeness (QED) is 0.851. The second-order valence-electron chi connectivity index (χ2n) is 2.87. The summed E-state index contributed by atoms with van der Waals surface area (Å²) in [5.74, 6) is 0.178. The van der Waals surface area contributed by atoms with Gasteiger partial charge in [-0.1, -0.05) is 0 Å². The lowest BCUT2D eigenvalue weighted by Crippen LogP contribution is -2.10. The van der Waals surface area contributed by atoms with E-state index in [1.165, 1.54) is 6.20 Å². The molecule has 2 rings (SSSR count). The Kier molecular flexibility index (Phi) is 2.59. The molecule has 0 spiro atoms. The highest BCUT2D eigenvalue weighted by Gasteiger charge is 2.09. The van der Waals surface area contributed by atoms with E-state index in [2.05, 4.69) is 21.0 Å². The zero-order valence-electron chi connectivity index (χ0n) is 7.68. The van der Waals surface area contributed by atoms with Crippen LogP contribution in [0.25, 0.3) is 5.52 Å². The molecule has 0 aliphatic rings. The van der Waals surface area contributed by atoms with Gasteiger partial charge in [-0.15, -0.1) is 0 Å². The van der Waals surface area contributed by atoms with Crippen molar-refractivity contribution in [2.24, 2.45) is 5.73 Å². The van der Waals surface area contributed by atoms with E-state index in [4.69, 9.17) is 10.5 Å². The summed E-state index contributed by atoms with van der Waals surface area (Å²) in [4.78, 5) is 11.0. The van der Waals surface area contributed by atoms with Crippen molar-refractivity contribution < 1.29 is 9.53 Å². The molecule has 0 unspecified atom stereocenters. The molecule has 0 radical (unpaired) electrons. The lowest BCUT2D eigenvalue weighted by Gasteiger charge is -2.02. The van der Waals surface area contributed by atoms with Crippen molar-refractivity contribution in [3.63, 3.8) is 0 Å². The molecule has 0 aromatic carbocycles. The van der Waals surface area contributed by atoms with Gasteiger partial charge in [-0.3, -0.25) is 4.79 Å². The number of nitrogens with two attached hydrogens (primary N) is 1. The van der Waals surface area contributed by atoms with E-state index in [9.17, 15) is 4.79 Å². The molecule has 0 fully saturated rings. The highest BCUT2D eigenvalue weighted by molar-refractivity contribution is 9.09. The molecule has 0 aliphatic heterocycles. The van der Waals surface area contributed by atoms with Crippen molar-refractivity contribution in [1.82, 2.24) is 9.61 Å². The maximum absolute atomic E-state index is 11.0. The molecule has 2 N–H and O–H groups in total. The minimum atomic E-state index is -0.487. The molecule has 5 nitrogen and oxygen atoms in total. The first-order valence-corrected chi connectivity index (χ1v) is 5.30. The Hall–Kier alpha value is -1.56. The Balaban J connectivity index is 2.51. The van der Waals surface area contributed by atoms with E-state index in [1.807, 2.05) is 0 Å². The van der Waals surface area contributed by atoms with Crippen LogP contribution in [0.4, 0.5) is 0 Å². The number of hydrogen-bond donors (Lipinski definition) is 1. The van der Waals surface area contributed by atoms with E-state index in [0.29, 0.717) is 22.3 Å². The highest BCUT2D eigenvalue weighted by atomic mass is 79.9. The molecule has 2 heterocycles. The molecule has 0 saturated heterocycles. The molecule has 0 aliphatic carbocycles. The van der Waals surface area contributed by atoms with Crippen molar-refractivity contribution >= 4 is 27.4 Å². The summed E-state index contributed by atoms with van der Waals surface area (Å²) in [5.41, 5.74) is 6.67.